The molecule has 3 aromatic rings. The summed E-state index contributed by atoms with van der Waals surface area (Å²) in [5.41, 5.74) is 4.94. The molecule has 1 aliphatic carbocycles. The van der Waals surface area contributed by atoms with Gasteiger partial charge in [-0.2, -0.15) is 0 Å². The SMILES string of the molecule is CC1(C)CC(=O)C2=C(C1)c1c(ccc3ccccc13)N[C@@H]2c1cc(Br)ccc1OCCO. The molecule has 5 rings (SSSR count). The number of carbonyl (C=O) groups excluding carboxylic acids is 1. The normalized spacial score (nSPS) is 19.4. The van der Waals surface area contributed by atoms with Crippen molar-refractivity contribution >= 4 is 43.7 Å². The smallest absolute Gasteiger partial charge is 0.162 e. The van der Waals surface area contributed by atoms with Crippen LogP contribution in [0.25, 0.3) is 16.3 Å². The summed E-state index contributed by atoms with van der Waals surface area (Å²) in [6.07, 6.45) is 1.36. The molecule has 5 heteroatoms. The van der Waals surface area contributed by atoms with Crippen LogP contribution in [-0.4, -0.2) is 24.1 Å². The van der Waals surface area contributed by atoms with Crippen LogP contribution in [-0.2, 0) is 4.79 Å². The number of hydrogen-bond acceptors (Lipinski definition) is 4. The van der Waals surface area contributed by atoms with Crippen molar-refractivity contribution in [1.29, 1.82) is 0 Å². The maximum Gasteiger partial charge on any atom is 0.162 e. The second-order valence-corrected chi connectivity index (χ2v) is 10.3. The maximum atomic E-state index is 13.6. The number of aliphatic hydroxyl groups excluding tert-OH is 1. The molecule has 0 amide bonds. The van der Waals surface area contributed by atoms with Crippen LogP contribution in [0.15, 0.2) is 64.6 Å². The highest BCUT2D eigenvalue weighted by Gasteiger charge is 2.41. The van der Waals surface area contributed by atoms with Gasteiger partial charge in [-0.3, -0.25) is 4.79 Å². The van der Waals surface area contributed by atoms with E-state index in [-0.39, 0.29) is 30.5 Å². The zero-order valence-electron chi connectivity index (χ0n) is 18.2. The van der Waals surface area contributed by atoms with Crippen LogP contribution < -0.4 is 10.1 Å². The van der Waals surface area contributed by atoms with Gasteiger partial charge in [0.15, 0.2) is 5.78 Å². The Hall–Kier alpha value is -2.63. The number of ether oxygens (including phenoxy) is 1. The summed E-state index contributed by atoms with van der Waals surface area (Å²) in [7, 11) is 0. The average Bonchev–Trinajstić information content (AvgIpc) is 2.76. The third-order valence-corrected chi connectivity index (χ3v) is 6.86. The number of Topliss-reactive ketones (excluding diaryl/α,β-unsaturated/α-hetero) is 1. The van der Waals surface area contributed by atoms with E-state index in [0.717, 1.165) is 38.9 Å². The Morgan fingerprint density at radius 3 is 2.75 bits per heavy atom. The van der Waals surface area contributed by atoms with E-state index in [1.54, 1.807) is 0 Å². The summed E-state index contributed by atoms with van der Waals surface area (Å²) in [6, 6.07) is 18.1. The molecule has 1 heterocycles. The Balaban J connectivity index is 1.76. The number of rotatable bonds is 4. The second-order valence-electron chi connectivity index (χ2n) is 9.37. The third kappa shape index (κ3) is 3.63. The predicted molar refractivity (Wildman–Crippen MR) is 132 cm³/mol. The van der Waals surface area contributed by atoms with E-state index in [0.29, 0.717) is 12.2 Å². The van der Waals surface area contributed by atoms with E-state index < -0.39 is 0 Å². The van der Waals surface area contributed by atoms with Crippen molar-refractivity contribution in [1.82, 2.24) is 0 Å². The topological polar surface area (TPSA) is 58.6 Å². The molecule has 0 bridgehead atoms. The molecule has 0 radical (unpaired) electrons. The van der Waals surface area contributed by atoms with Crippen molar-refractivity contribution < 1.29 is 14.6 Å². The summed E-state index contributed by atoms with van der Waals surface area (Å²) in [5.74, 6) is 0.855. The van der Waals surface area contributed by atoms with Crippen LogP contribution in [0.5, 0.6) is 5.75 Å². The average molecular weight is 492 g/mol. The number of fused-ring (bicyclic) bond motifs is 4. The summed E-state index contributed by atoms with van der Waals surface area (Å²) in [5, 5.41) is 15.3. The van der Waals surface area contributed by atoms with E-state index in [9.17, 15) is 9.90 Å². The molecule has 2 aliphatic rings. The Labute approximate surface area is 196 Å². The number of allylic oxidation sites excluding steroid dienone is 1. The van der Waals surface area contributed by atoms with Crippen LogP contribution in [0.2, 0.25) is 0 Å². The molecular formula is C27H26BrNO3. The molecule has 0 fully saturated rings. The molecule has 0 saturated heterocycles. The molecule has 4 nitrogen and oxygen atoms in total. The fourth-order valence-corrected chi connectivity index (χ4v) is 5.48. The van der Waals surface area contributed by atoms with Gasteiger partial charge in [0.2, 0.25) is 0 Å². The van der Waals surface area contributed by atoms with Gasteiger partial charge in [-0.05, 0) is 52.4 Å². The summed E-state index contributed by atoms with van der Waals surface area (Å²) < 4.78 is 6.78. The first-order valence-corrected chi connectivity index (χ1v) is 11.8. The van der Waals surface area contributed by atoms with Crippen molar-refractivity contribution in [3.63, 3.8) is 0 Å². The van der Waals surface area contributed by atoms with Gasteiger partial charge in [-0.15, -0.1) is 0 Å². The quantitative estimate of drug-likeness (QED) is 0.450. The highest BCUT2D eigenvalue weighted by atomic mass is 79.9. The molecule has 2 N–H and O–H groups in total. The van der Waals surface area contributed by atoms with Gasteiger partial charge in [0.25, 0.3) is 0 Å². The monoisotopic (exact) mass is 491 g/mol. The Morgan fingerprint density at radius 1 is 1.12 bits per heavy atom. The van der Waals surface area contributed by atoms with Crippen molar-refractivity contribution in [2.75, 3.05) is 18.5 Å². The summed E-state index contributed by atoms with van der Waals surface area (Å²) >= 11 is 3.58. The van der Waals surface area contributed by atoms with E-state index in [1.165, 1.54) is 10.8 Å². The van der Waals surface area contributed by atoms with Gasteiger partial charge in [0.05, 0.1) is 12.6 Å². The lowest BCUT2D eigenvalue weighted by Gasteiger charge is -2.40. The van der Waals surface area contributed by atoms with Crippen LogP contribution in [0.3, 0.4) is 0 Å². The van der Waals surface area contributed by atoms with Gasteiger partial charge in [0.1, 0.15) is 12.4 Å². The number of ketones is 1. The van der Waals surface area contributed by atoms with Gasteiger partial charge < -0.3 is 15.2 Å². The first-order valence-electron chi connectivity index (χ1n) is 11.0. The Morgan fingerprint density at radius 2 is 1.94 bits per heavy atom. The molecule has 0 unspecified atom stereocenters. The highest BCUT2D eigenvalue weighted by Crippen LogP contribution is 2.53. The number of aliphatic hydroxyl groups is 1. The van der Waals surface area contributed by atoms with Gasteiger partial charge in [0, 0.05) is 33.3 Å². The second kappa shape index (κ2) is 8.05. The fraction of sp³-hybridized carbons (Fsp3) is 0.296. The molecule has 3 aromatic carbocycles. The van der Waals surface area contributed by atoms with Crippen LogP contribution in [0, 0.1) is 5.41 Å². The molecule has 0 spiro atoms. The number of hydrogen-bond donors (Lipinski definition) is 2. The lowest BCUT2D eigenvalue weighted by atomic mass is 9.68. The van der Waals surface area contributed by atoms with E-state index in [1.807, 2.05) is 24.3 Å². The van der Waals surface area contributed by atoms with Crippen LogP contribution in [0.4, 0.5) is 5.69 Å². The number of benzene rings is 3. The van der Waals surface area contributed by atoms with Crippen molar-refractivity contribution in [2.45, 2.75) is 32.7 Å². The minimum absolute atomic E-state index is 0.0660. The van der Waals surface area contributed by atoms with E-state index >= 15 is 0 Å². The lowest BCUT2D eigenvalue weighted by Crippen LogP contribution is -2.33. The molecule has 32 heavy (non-hydrogen) atoms. The molecule has 0 saturated carbocycles. The van der Waals surface area contributed by atoms with Crippen LogP contribution in [0.1, 0.15) is 43.9 Å². The van der Waals surface area contributed by atoms with Gasteiger partial charge in [-0.1, -0.05) is 60.1 Å². The minimum Gasteiger partial charge on any atom is -0.491 e. The molecule has 1 atom stereocenters. The minimum atomic E-state index is -0.312. The summed E-state index contributed by atoms with van der Waals surface area (Å²) in [4.78, 5) is 13.6. The van der Waals surface area contributed by atoms with E-state index in [2.05, 4.69) is 65.4 Å². The number of carbonyl (C=O) groups is 1. The van der Waals surface area contributed by atoms with Gasteiger partial charge >= 0.3 is 0 Å². The van der Waals surface area contributed by atoms with Crippen LogP contribution >= 0.6 is 15.9 Å². The molecular weight excluding hydrogens is 466 g/mol. The predicted octanol–water partition coefficient (Wildman–Crippen LogP) is 6.28. The van der Waals surface area contributed by atoms with Crippen molar-refractivity contribution in [3.8, 4) is 5.75 Å². The van der Waals surface area contributed by atoms with Crippen molar-refractivity contribution in [2.24, 2.45) is 5.41 Å². The first-order chi connectivity index (χ1) is 15.4. The zero-order valence-corrected chi connectivity index (χ0v) is 19.8. The van der Waals surface area contributed by atoms with Crippen molar-refractivity contribution in [3.05, 3.63) is 75.8 Å². The number of anilines is 1. The molecule has 1 aliphatic heterocycles. The zero-order chi connectivity index (χ0) is 22.5. The summed E-state index contributed by atoms with van der Waals surface area (Å²) in [6.45, 7) is 4.48. The first kappa shape index (κ1) is 21.2. The third-order valence-electron chi connectivity index (χ3n) is 6.37. The Bertz CT molecular complexity index is 1260. The molecule has 0 aromatic heterocycles. The van der Waals surface area contributed by atoms with Gasteiger partial charge in [-0.25, -0.2) is 0 Å². The number of nitrogens with one attached hydrogen (secondary N) is 1. The molecule has 164 valence electrons. The number of halogens is 1. The Kier molecular flexibility index (Phi) is 5.34. The largest absolute Gasteiger partial charge is 0.491 e. The standard InChI is InChI=1S/C27H26BrNO3/c1-27(2)14-20-24-18-6-4-3-5-16(18)7-9-21(24)29-26(25(20)22(31)15-27)19-13-17(28)8-10-23(19)32-12-11-30/h3-10,13,26,29-30H,11-12,14-15H2,1-2H3/t26-/m1/s1. The maximum absolute atomic E-state index is 13.6. The fourth-order valence-electron chi connectivity index (χ4n) is 5.10. The lowest BCUT2D eigenvalue weighted by molar-refractivity contribution is -0.118. The highest BCUT2D eigenvalue weighted by molar-refractivity contribution is 9.10. The van der Waals surface area contributed by atoms with E-state index in [4.69, 9.17) is 4.74 Å².